The molecule has 0 spiro atoms. The molecular formula is C18H23N3O3. The maximum absolute atomic E-state index is 12.4. The van der Waals surface area contributed by atoms with Gasteiger partial charge in [0.1, 0.15) is 11.7 Å². The van der Waals surface area contributed by atoms with E-state index in [-0.39, 0.29) is 19.0 Å². The lowest BCUT2D eigenvalue weighted by molar-refractivity contribution is -0.152. The summed E-state index contributed by atoms with van der Waals surface area (Å²) < 4.78 is 1.61. The first kappa shape index (κ1) is 16.7. The van der Waals surface area contributed by atoms with Gasteiger partial charge in [-0.05, 0) is 24.5 Å². The molecule has 24 heavy (non-hydrogen) atoms. The van der Waals surface area contributed by atoms with Crippen molar-refractivity contribution in [1.29, 1.82) is 0 Å². The molecule has 0 saturated carbocycles. The van der Waals surface area contributed by atoms with E-state index in [1.807, 2.05) is 30.3 Å². The van der Waals surface area contributed by atoms with E-state index in [0.717, 1.165) is 5.56 Å². The molecule has 2 N–H and O–H groups in total. The van der Waals surface area contributed by atoms with E-state index in [1.165, 1.54) is 0 Å². The van der Waals surface area contributed by atoms with Gasteiger partial charge in [-0.1, -0.05) is 30.3 Å². The molecule has 1 aliphatic rings. The second kappa shape index (κ2) is 7.15. The van der Waals surface area contributed by atoms with Gasteiger partial charge in [0.15, 0.2) is 0 Å². The average molecular weight is 329 g/mol. The van der Waals surface area contributed by atoms with Gasteiger partial charge in [-0.3, -0.25) is 9.48 Å². The first-order valence-electron chi connectivity index (χ1n) is 8.26. The molecule has 0 bridgehead atoms. The summed E-state index contributed by atoms with van der Waals surface area (Å²) in [6, 6.07) is 11.6. The van der Waals surface area contributed by atoms with E-state index < -0.39 is 11.7 Å². The van der Waals surface area contributed by atoms with Crippen molar-refractivity contribution >= 4 is 5.91 Å². The molecule has 1 aliphatic heterocycles. The van der Waals surface area contributed by atoms with Crippen LogP contribution in [0.25, 0.3) is 0 Å². The summed E-state index contributed by atoms with van der Waals surface area (Å²) >= 11 is 0. The number of hydrogen-bond acceptors (Lipinski definition) is 4. The molecule has 128 valence electrons. The third-order valence-corrected chi connectivity index (χ3v) is 4.65. The number of rotatable bonds is 5. The Morgan fingerprint density at radius 1 is 1.29 bits per heavy atom. The molecule has 0 aliphatic carbocycles. The number of aromatic nitrogens is 2. The number of carbonyl (C=O) groups excluding carboxylic acids is 1. The van der Waals surface area contributed by atoms with Crippen LogP contribution < -0.4 is 0 Å². The van der Waals surface area contributed by atoms with Crippen LogP contribution in [0.2, 0.25) is 0 Å². The lowest BCUT2D eigenvalue weighted by Crippen LogP contribution is -2.58. The standard InChI is InChI=1S/C18H23N3O3/c22-16-13-20(17(23)8-7-15-5-2-1-3-6-15)12-9-18(16,24)14-21-11-4-10-19-21/h1-6,10-11,16,22,24H,7-9,12-14H2/t16-,18-/m0/s1. The molecule has 3 rings (SSSR count). The highest BCUT2D eigenvalue weighted by Gasteiger charge is 2.42. The Hall–Kier alpha value is -2.18. The van der Waals surface area contributed by atoms with Crippen molar-refractivity contribution in [2.24, 2.45) is 0 Å². The molecule has 1 fully saturated rings. The smallest absolute Gasteiger partial charge is 0.222 e. The van der Waals surface area contributed by atoms with E-state index in [0.29, 0.717) is 25.8 Å². The Balaban J connectivity index is 1.53. The van der Waals surface area contributed by atoms with Gasteiger partial charge in [-0.25, -0.2) is 0 Å². The van der Waals surface area contributed by atoms with Crippen molar-refractivity contribution in [3.05, 3.63) is 54.4 Å². The summed E-state index contributed by atoms with van der Waals surface area (Å²) in [4.78, 5) is 14.0. The zero-order valence-electron chi connectivity index (χ0n) is 13.6. The molecule has 1 amide bonds. The summed E-state index contributed by atoms with van der Waals surface area (Å²) in [5.41, 5.74) is -0.124. The Kier molecular flexibility index (Phi) is 4.97. The predicted molar refractivity (Wildman–Crippen MR) is 89.1 cm³/mol. The number of benzene rings is 1. The number of hydrogen-bond donors (Lipinski definition) is 2. The third kappa shape index (κ3) is 3.83. The maximum atomic E-state index is 12.4. The zero-order chi connectivity index (χ0) is 17.0. The fourth-order valence-corrected chi connectivity index (χ4v) is 3.10. The summed E-state index contributed by atoms with van der Waals surface area (Å²) in [5.74, 6) is 0.0130. The van der Waals surface area contributed by atoms with E-state index in [2.05, 4.69) is 5.10 Å². The number of carbonyl (C=O) groups is 1. The van der Waals surface area contributed by atoms with Crippen LogP contribution >= 0.6 is 0 Å². The summed E-state index contributed by atoms with van der Waals surface area (Å²) in [7, 11) is 0. The Labute approximate surface area is 141 Å². The van der Waals surface area contributed by atoms with E-state index >= 15 is 0 Å². The normalized spacial score (nSPS) is 24.1. The molecule has 2 aromatic rings. The van der Waals surface area contributed by atoms with Crippen molar-refractivity contribution in [2.75, 3.05) is 13.1 Å². The fourth-order valence-electron chi connectivity index (χ4n) is 3.10. The number of aliphatic hydroxyl groups is 2. The number of aryl methyl sites for hydroxylation is 1. The van der Waals surface area contributed by atoms with Crippen molar-refractivity contribution in [3.63, 3.8) is 0 Å². The average Bonchev–Trinajstić information content (AvgIpc) is 3.09. The van der Waals surface area contributed by atoms with Gasteiger partial charge < -0.3 is 15.1 Å². The molecule has 0 unspecified atom stereocenters. The Morgan fingerprint density at radius 2 is 2.08 bits per heavy atom. The highest BCUT2D eigenvalue weighted by atomic mass is 16.3. The number of likely N-dealkylation sites (tertiary alicyclic amines) is 1. The highest BCUT2D eigenvalue weighted by molar-refractivity contribution is 5.76. The SMILES string of the molecule is O=C(CCc1ccccc1)N1CC[C@](O)(Cn2cccn2)[C@@H](O)C1. The summed E-state index contributed by atoms with van der Waals surface area (Å²) in [5, 5.41) is 25.1. The van der Waals surface area contributed by atoms with Gasteiger partial charge in [0.2, 0.25) is 5.91 Å². The van der Waals surface area contributed by atoms with Crippen LogP contribution in [0.5, 0.6) is 0 Å². The fraction of sp³-hybridized carbons (Fsp3) is 0.444. The van der Waals surface area contributed by atoms with Crippen molar-refractivity contribution in [2.45, 2.75) is 37.5 Å². The van der Waals surface area contributed by atoms with Crippen LogP contribution in [0.4, 0.5) is 0 Å². The van der Waals surface area contributed by atoms with E-state index in [4.69, 9.17) is 0 Å². The molecule has 0 radical (unpaired) electrons. The van der Waals surface area contributed by atoms with Gasteiger partial charge in [-0.15, -0.1) is 0 Å². The number of aliphatic hydroxyl groups excluding tert-OH is 1. The minimum atomic E-state index is -1.25. The molecule has 2 atom stereocenters. The zero-order valence-corrected chi connectivity index (χ0v) is 13.6. The van der Waals surface area contributed by atoms with Gasteiger partial charge in [0.25, 0.3) is 0 Å². The molecular weight excluding hydrogens is 306 g/mol. The van der Waals surface area contributed by atoms with E-state index in [9.17, 15) is 15.0 Å². The topological polar surface area (TPSA) is 78.6 Å². The largest absolute Gasteiger partial charge is 0.388 e. The molecule has 2 heterocycles. The van der Waals surface area contributed by atoms with Crippen LogP contribution in [0.1, 0.15) is 18.4 Å². The molecule has 6 heteroatoms. The lowest BCUT2D eigenvalue weighted by Gasteiger charge is -2.42. The third-order valence-electron chi connectivity index (χ3n) is 4.65. The van der Waals surface area contributed by atoms with Crippen molar-refractivity contribution in [3.8, 4) is 0 Å². The minimum absolute atomic E-state index is 0.0130. The molecule has 6 nitrogen and oxygen atoms in total. The first-order chi connectivity index (χ1) is 11.6. The van der Waals surface area contributed by atoms with Crippen LogP contribution in [0.15, 0.2) is 48.8 Å². The maximum Gasteiger partial charge on any atom is 0.222 e. The summed E-state index contributed by atoms with van der Waals surface area (Å²) in [6.45, 7) is 0.834. The van der Waals surface area contributed by atoms with Crippen LogP contribution in [-0.2, 0) is 17.8 Å². The first-order valence-corrected chi connectivity index (χ1v) is 8.26. The van der Waals surface area contributed by atoms with Gasteiger partial charge in [0, 0.05) is 31.9 Å². The van der Waals surface area contributed by atoms with E-state index in [1.54, 1.807) is 28.0 Å². The lowest BCUT2D eigenvalue weighted by atomic mass is 9.88. The van der Waals surface area contributed by atoms with Crippen LogP contribution in [-0.4, -0.2) is 55.6 Å². The number of nitrogens with zero attached hydrogens (tertiary/aromatic N) is 3. The second-order valence-electron chi connectivity index (χ2n) is 6.40. The van der Waals surface area contributed by atoms with Crippen molar-refractivity contribution in [1.82, 2.24) is 14.7 Å². The quantitative estimate of drug-likeness (QED) is 0.852. The van der Waals surface area contributed by atoms with Gasteiger partial charge in [0.05, 0.1) is 6.54 Å². The van der Waals surface area contributed by atoms with Gasteiger partial charge in [-0.2, -0.15) is 5.10 Å². The van der Waals surface area contributed by atoms with Crippen LogP contribution in [0, 0.1) is 0 Å². The predicted octanol–water partition coefficient (Wildman–Crippen LogP) is 0.840. The summed E-state index contributed by atoms with van der Waals surface area (Å²) in [6.07, 6.45) is 3.85. The monoisotopic (exact) mass is 329 g/mol. The number of piperidine rings is 1. The minimum Gasteiger partial charge on any atom is -0.388 e. The Bertz CT molecular complexity index is 659. The molecule has 1 aromatic carbocycles. The molecule has 1 saturated heterocycles. The van der Waals surface area contributed by atoms with Crippen LogP contribution in [0.3, 0.4) is 0 Å². The number of amides is 1. The number of β-amino-alcohol motifs (C(OH)–C–C–N with tert-alkyl or cyclic N) is 1. The second-order valence-corrected chi connectivity index (χ2v) is 6.40. The van der Waals surface area contributed by atoms with Crippen molar-refractivity contribution < 1.29 is 15.0 Å². The molecule has 1 aromatic heterocycles. The van der Waals surface area contributed by atoms with Gasteiger partial charge >= 0.3 is 0 Å². The Morgan fingerprint density at radius 3 is 2.75 bits per heavy atom. The highest BCUT2D eigenvalue weighted by Crippen LogP contribution is 2.25.